The second kappa shape index (κ2) is 7.60. The SMILES string of the molecule is CCOc1ccc(-c2cncc(CN3CCCCC3C)c2)cc1. The molecule has 1 saturated heterocycles. The second-order valence-electron chi connectivity index (χ2n) is 6.35. The van der Waals surface area contributed by atoms with Gasteiger partial charge in [-0.05, 0) is 62.6 Å². The average Bonchev–Trinajstić information content (AvgIpc) is 2.58. The van der Waals surface area contributed by atoms with E-state index >= 15 is 0 Å². The molecule has 3 rings (SSSR count). The van der Waals surface area contributed by atoms with Crippen LogP contribution in [0.5, 0.6) is 5.75 Å². The van der Waals surface area contributed by atoms with Gasteiger partial charge in [-0.3, -0.25) is 9.88 Å². The summed E-state index contributed by atoms with van der Waals surface area (Å²) in [6.07, 6.45) is 7.93. The highest BCUT2D eigenvalue weighted by Gasteiger charge is 2.18. The predicted molar refractivity (Wildman–Crippen MR) is 94.6 cm³/mol. The van der Waals surface area contributed by atoms with E-state index in [0.717, 1.165) is 12.3 Å². The number of nitrogens with zero attached hydrogens (tertiary/aromatic N) is 2. The van der Waals surface area contributed by atoms with Gasteiger partial charge in [0.25, 0.3) is 0 Å². The Kier molecular flexibility index (Phi) is 5.29. The molecular weight excluding hydrogens is 284 g/mol. The Morgan fingerprint density at radius 3 is 2.70 bits per heavy atom. The van der Waals surface area contributed by atoms with Crippen molar-refractivity contribution in [2.45, 2.75) is 45.7 Å². The Labute approximate surface area is 139 Å². The van der Waals surface area contributed by atoms with Gasteiger partial charge in [0.15, 0.2) is 0 Å². The molecule has 0 aliphatic carbocycles. The molecule has 1 unspecified atom stereocenters. The fourth-order valence-electron chi connectivity index (χ4n) is 3.27. The molecule has 1 atom stereocenters. The number of hydrogen-bond donors (Lipinski definition) is 0. The zero-order chi connectivity index (χ0) is 16.1. The van der Waals surface area contributed by atoms with Crippen molar-refractivity contribution in [3.05, 3.63) is 48.3 Å². The first-order chi connectivity index (χ1) is 11.3. The Morgan fingerprint density at radius 2 is 1.96 bits per heavy atom. The van der Waals surface area contributed by atoms with E-state index in [0.29, 0.717) is 12.6 Å². The van der Waals surface area contributed by atoms with Crippen molar-refractivity contribution in [2.75, 3.05) is 13.2 Å². The van der Waals surface area contributed by atoms with Crippen LogP contribution in [0.3, 0.4) is 0 Å². The molecule has 122 valence electrons. The van der Waals surface area contributed by atoms with Gasteiger partial charge in [0, 0.05) is 30.5 Å². The summed E-state index contributed by atoms with van der Waals surface area (Å²) in [7, 11) is 0. The average molecular weight is 310 g/mol. The Hall–Kier alpha value is -1.87. The zero-order valence-corrected chi connectivity index (χ0v) is 14.2. The number of pyridine rings is 1. The third kappa shape index (κ3) is 4.11. The van der Waals surface area contributed by atoms with E-state index < -0.39 is 0 Å². The number of benzene rings is 1. The molecule has 1 aliphatic rings. The third-order valence-electron chi connectivity index (χ3n) is 4.62. The van der Waals surface area contributed by atoms with E-state index in [4.69, 9.17) is 4.74 Å². The molecular formula is C20H26N2O. The summed E-state index contributed by atoms with van der Waals surface area (Å²) in [6, 6.07) is 11.2. The first-order valence-corrected chi connectivity index (χ1v) is 8.67. The van der Waals surface area contributed by atoms with Crippen LogP contribution in [0.15, 0.2) is 42.7 Å². The minimum absolute atomic E-state index is 0.679. The van der Waals surface area contributed by atoms with Gasteiger partial charge in [0.2, 0.25) is 0 Å². The van der Waals surface area contributed by atoms with Gasteiger partial charge >= 0.3 is 0 Å². The van der Waals surface area contributed by atoms with Crippen molar-refractivity contribution in [3.8, 4) is 16.9 Å². The fourth-order valence-corrected chi connectivity index (χ4v) is 3.27. The summed E-state index contributed by atoms with van der Waals surface area (Å²) in [5, 5.41) is 0. The van der Waals surface area contributed by atoms with Crippen molar-refractivity contribution in [3.63, 3.8) is 0 Å². The number of likely N-dealkylation sites (tertiary alicyclic amines) is 1. The lowest BCUT2D eigenvalue weighted by atomic mass is 10.0. The Balaban J connectivity index is 1.74. The van der Waals surface area contributed by atoms with Crippen molar-refractivity contribution in [1.29, 1.82) is 0 Å². The van der Waals surface area contributed by atoms with Gasteiger partial charge < -0.3 is 4.74 Å². The van der Waals surface area contributed by atoms with Gasteiger partial charge in [-0.15, -0.1) is 0 Å². The minimum Gasteiger partial charge on any atom is -0.494 e. The smallest absolute Gasteiger partial charge is 0.119 e. The van der Waals surface area contributed by atoms with Crippen LogP contribution >= 0.6 is 0 Å². The van der Waals surface area contributed by atoms with Crippen LogP contribution in [-0.2, 0) is 6.54 Å². The first kappa shape index (κ1) is 16.0. The molecule has 1 aliphatic heterocycles. The summed E-state index contributed by atoms with van der Waals surface area (Å²) in [6.45, 7) is 7.24. The first-order valence-electron chi connectivity index (χ1n) is 8.67. The summed E-state index contributed by atoms with van der Waals surface area (Å²) in [5.74, 6) is 0.919. The van der Waals surface area contributed by atoms with Crippen LogP contribution in [0.1, 0.15) is 38.7 Å². The number of aromatic nitrogens is 1. The number of ether oxygens (including phenoxy) is 1. The third-order valence-corrected chi connectivity index (χ3v) is 4.62. The zero-order valence-electron chi connectivity index (χ0n) is 14.2. The lowest BCUT2D eigenvalue weighted by molar-refractivity contribution is 0.152. The lowest BCUT2D eigenvalue weighted by Crippen LogP contribution is -2.36. The van der Waals surface area contributed by atoms with Gasteiger partial charge in [0.1, 0.15) is 5.75 Å². The minimum atomic E-state index is 0.679. The van der Waals surface area contributed by atoms with Gasteiger partial charge in [-0.1, -0.05) is 18.6 Å². The van der Waals surface area contributed by atoms with Crippen LogP contribution in [0.4, 0.5) is 0 Å². The highest BCUT2D eigenvalue weighted by molar-refractivity contribution is 5.63. The van der Waals surface area contributed by atoms with Crippen LogP contribution in [0.2, 0.25) is 0 Å². The molecule has 1 aromatic carbocycles. The standard InChI is InChI=1S/C20H26N2O/c1-3-23-20-9-7-18(8-10-20)19-12-17(13-21-14-19)15-22-11-5-4-6-16(22)2/h7-10,12-14,16H,3-6,11,15H2,1-2H3. The maximum atomic E-state index is 5.51. The Morgan fingerprint density at radius 1 is 1.13 bits per heavy atom. The maximum Gasteiger partial charge on any atom is 0.119 e. The van der Waals surface area contributed by atoms with E-state index in [2.05, 4.69) is 35.0 Å². The molecule has 0 N–H and O–H groups in total. The van der Waals surface area contributed by atoms with E-state index in [1.165, 1.54) is 42.5 Å². The summed E-state index contributed by atoms with van der Waals surface area (Å²) in [5.41, 5.74) is 3.66. The number of rotatable bonds is 5. The van der Waals surface area contributed by atoms with Crippen LogP contribution in [0, 0.1) is 0 Å². The highest BCUT2D eigenvalue weighted by atomic mass is 16.5. The molecule has 1 aromatic heterocycles. The van der Waals surface area contributed by atoms with E-state index in [1.54, 1.807) is 0 Å². The van der Waals surface area contributed by atoms with Crippen LogP contribution in [0.25, 0.3) is 11.1 Å². The fraction of sp³-hybridized carbons (Fsp3) is 0.450. The predicted octanol–water partition coefficient (Wildman–Crippen LogP) is 4.52. The largest absolute Gasteiger partial charge is 0.494 e. The van der Waals surface area contributed by atoms with Crippen molar-refractivity contribution in [2.24, 2.45) is 0 Å². The van der Waals surface area contributed by atoms with Crippen LogP contribution in [-0.4, -0.2) is 29.1 Å². The van der Waals surface area contributed by atoms with Gasteiger partial charge in [-0.25, -0.2) is 0 Å². The molecule has 3 heteroatoms. The van der Waals surface area contributed by atoms with E-state index in [1.807, 2.05) is 31.5 Å². The molecule has 0 radical (unpaired) electrons. The lowest BCUT2D eigenvalue weighted by Gasteiger charge is -2.33. The summed E-state index contributed by atoms with van der Waals surface area (Å²) < 4.78 is 5.51. The van der Waals surface area contributed by atoms with Crippen molar-refractivity contribution in [1.82, 2.24) is 9.88 Å². The maximum absolute atomic E-state index is 5.51. The summed E-state index contributed by atoms with van der Waals surface area (Å²) in [4.78, 5) is 7.02. The number of hydrogen-bond acceptors (Lipinski definition) is 3. The molecule has 2 heterocycles. The van der Waals surface area contributed by atoms with E-state index in [-0.39, 0.29) is 0 Å². The molecule has 3 nitrogen and oxygen atoms in total. The monoisotopic (exact) mass is 310 g/mol. The molecule has 23 heavy (non-hydrogen) atoms. The molecule has 0 bridgehead atoms. The molecule has 0 saturated carbocycles. The second-order valence-corrected chi connectivity index (χ2v) is 6.35. The molecule has 2 aromatic rings. The van der Waals surface area contributed by atoms with Crippen molar-refractivity contribution < 1.29 is 4.74 Å². The molecule has 0 amide bonds. The van der Waals surface area contributed by atoms with Gasteiger partial charge in [0.05, 0.1) is 6.61 Å². The summed E-state index contributed by atoms with van der Waals surface area (Å²) >= 11 is 0. The normalized spacial score (nSPS) is 18.8. The number of piperidine rings is 1. The molecule has 1 fully saturated rings. The van der Waals surface area contributed by atoms with Crippen molar-refractivity contribution >= 4 is 0 Å². The topological polar surface area (TPSA) is 25.4 Å². The quantitative estimate of drug-likeness (QED) is 0.812. The van der Waals surface area contributed by atoms with E-state index in [9.17, 15) is 0 Å². The Bertz CT molecular complexity index is 624. The molecule has 0 spiro atoms. The highest BCUT2D eigenvalue weighted by Crippen LogP contribution is 2.24. The van der Waals surface area contributed by atoms with Gasteiger partial charge in [-0.2, -0.15) is 0 Å². The van der Waals surface area contributed by atoms with Crippen LogP contribution < -0.4 is 4.74 Å².